The van der Waals surface area contributed by atoms with Gasteiger partial charge in [-0.3, -0.25) is 4.99 Å². The summed E-state index contributed by atoms with van der Waals surface area (Å²) in [6, 6.07) is 0. The molecule has 1 aromatic heterocycles. The molecule has 0 aromatic carbocycles. The molecule has 6 heteroatoms. The van der Waals surface area contributed by atoms with Gasteiger partial charge in [-0.2, -0.15) is 0 Å². The molecule has 0 saturated heterocycles. The second-order valence-electron chi connectivity index (χ2n) is 2.42. The molecular weight excluding hydrogens is 191 g/mol. The number of nitrogens with one attached hydrogen (secondary N) is 1. The molecule has 0 spiro atoms. The number of hydrogen-bond donors (Lipinski definition) is 2. The fraction of sp³-hybridized carbons (Fsp3) is 0.333. The molecule has 2 rings (SSSR count). The monoisotopic (exact) mass is 200 g/mol. The lowest BCUT2D eigenvalue weighted by atomic mass is 10.4. The Labute approximate surface area is 76.5 Å². The molecule has 1 unspecified atom stereocenters. The van der Waals surface area contributed by atoms with E-state index in [1.165, 1.54) is 0 Å². The second-order valence-corrected chi connectivity index (χ2v) is 4.42. The largest absolute Gasteiger partial charge is 0.382 e. The Kier molecular flexibility index (Phi) is 1.98. The quantitative estimate of drug-likeness (QED) is 0.605. The number of amidine groups is 1. The average Bonchev–Trinajstić information content (AvgIpc) is 2.58. The summed E-state index contributed by atoms with van der Waals surface area (Å²) >= 11 is 1.55. The van der Waals surface area contributed by atoms with Gasteiger partial charge in [0.2, 0.25) is 0 Å². The number of nitrogen functional groups attached to an aromatic ring is 1. The number of rotatable bonds is 1. The van der Waals surface area contributed by atoms with Crippen molar-refractivity contribution >= 4 is 37.0 Å². The maximum Gasteiger partial charge on any atom is 0.146 e. The van der Waals surface area contributed by atoms with Crippen LogP contribution in [-0.2, 0) is 0 Å². The van der Waals surface area contributed by atoms with E-state index in [0.29, 0.717) is 5.82 Å². The maximum atomic E-state index is 5.69. The highest BCUT2D eigenvalue weighted by atomic mass is 32.1. The van der Waals surface area contributed by atoms with Crippen molar-refractivity contribution in [3.63, 3.8) is 0 Å². The van der Waals surface area contributed by atoms with E-state index in [2.05, 4.69) is 24.5 Å². The fourth-order valence-corrected chi connectivity index (χ4v) is 2.30. The van der Waals surface area contributed by atoms with Gasteiger partial charge in [0, 0.05) is 6.54 Å². The highest BCUT2D eigenvalue weighted by Gasteiger charge is 2.14. The molecule has 0 fully saturated rings. The van der Waals surface area contributed by atoms with Gasteiger partial charge in [-0.05, 0) is 0 Å². The van der Waals surface area contributed by atoms with Gasteiger partial charge in [-0.15, -0.1) is 11.3 Å². The molecule has 1 aliphatic rings. The van der Waals surface area contributed by atoms with Crippen molar-refractivity contribution in [2.45, 2.75) is 0 Å². The topological polar surface area (TPSA) is 63.3 Å². The summed E-state index contributed by atoms with van der Waals surface area (Å²) in [7, 11) is 2.54. The van der Waals surface area contributed by atoms with Crippen LogP contribution in [0.25, 0.3) is 0 Å². The van der Waals surface area contributed by atoms with Crippen LogP contribution in [0.15, 0.2) is 4.99 Å². The van der Waals surface area contributed by atoms with Crippen molar-refractivity contribution in [3.05, 3.63) is 4.88 Å². The highest BCUT2D eigenvalue weighted by molar-refractivity contribution is 7.43. The molecule has 1 aromatic rings. The van der Waals surface area contributed by atoms with Crippen LogP contribution in [-0.4, -0.2) is 23.9 Å². The van der Waals surface area contributed by atoms with E-state index >= 15 is 0 Å². The van der Waals surface area contributed by atoms with E-state index in [1.54, 1.807) is 11.3 Å². The third-order valence-corrected chi connectivity index (χ3v) is 2.95. The molecule has 12 heavy (non-hydrogen) atoms. The van der Waals surface area contributed by atoms with Crippen molar-refractivity contribution < 1.29 is 0 Å². The summed E-state index contributed by atoms with van der Waals surface area (Å²) in [4.78, 5) is 9.32. The van der Waals surface area contributed by atoms with Crippen LogP contribution >= 0.6 is 20.6 Å². The number of nitrogens with two attached hydrogens (primary N) is 1. The summed E-state index contributed by atoms with van der Waals surface area (Å²) in [6.07, 6.45) is 0. The summed E-state index contributed by atoms with van der Waals surface area (Å²) in [6.45, 7) is 1.73. The predicted molar refractivity (Wildman–Crippen MR) is 55.3 cm³/mol. The third kappa shape index (κ3) is 1.30. The van der Waals surface area contributed by atoms with Gasteiger partial charge in [-0.25, -0.2) is 4.98 Å². The molecule has 3 N–H and O–H groups in total. The van der Waals surface area contributed by atoms with Crippen molar-refractivity contribution in [2.24, 2.45) is 4.99 Å². The molecule has 1 atom stereocenters. The van der Waals surface area contributed by atoms with Crippen molar-refractivity contribution in [1.82, 2.24) is 10.3 Å². The van der Waals surface area contributed by atoms with Gasteiger partial charge in [0.15, 0.2) is 0 Å². The van der Waals surface area contributed by atoms with Gasteiger partial charge in [-0.1, -0.05) is 9.24 Å². The minimum atomic E-state index is 0.568. The van der Waals surface area contributed by atoms with Crippen LogP contribution in [0.1, 0.15) is 4.88 Å². The Morgan fingerprint density at radius 1 is 1.58 bits per heavy atom. The predicted octanol–water partition coefficient (Wildman–Crippen LogP) is -0.425. The van der Waals surface area contributed by atoms with Gasteiger partial charge in [0.1, 0.15) is 21.3 Å². The fourth-order valence-electron chi connectivity index (χ4n) is 1.07. The molecule has 4 nitrogen and oxygen atoms in total. The Balaban J connectivity index is 2.38. The summed E-state index contributed by atoms with van der Waals surface area (Å²) in [5, 5.41) is 3.16. The number of thiazole rings is 1. The molecule has 0 amide bonds. The molecule has 0 aliphatic carbocycles. The van der Waals surface area contributed by atoms with Crippen molar-refractivity contribution in [3.8, 4) is 0 Å². The lowest BCUT2D eigenvalue weighted by Crippen LogP contribution is -2.19. The van der Waals surface area contributed by atoms with Crippen LogP contribution < -0.4 is 15.8 Å². The number of hydrogen-bond acceptors (Lipinski definition) is 5. The first kappa shape index (κ1) is 7.95. The standard InChI is InChI=1S/C6H9N4PS/c7-4-3(12-6(11)10-4)5-8-1-2-9-5/h1-2,7,11H2,(H,8,9). The second kappa shape index (κ2) is 2.99. The molecule has 0 bridgehead atoms. The van der Waals surface area contributed by atoms with E-state index in [1.807, 2.05) is 0 Å². The normalized spacial score (nSPS) is 15.9. The minimum Gasteiger partial charge on any atom is -0.382 e. The van der Waals surface area contributed by atoms with E-state index < -0.39 is 0 Å². The zero-order valence-electron chi connectivity index (χ0n) is 6.37. The summed E-state index contributed by atoms with van der Waals surface area (Å²) < 4.78 is 0.902. The third-order valence-electron chi connectivity index (χ3n) is 1.56. The first-order valence-electron chi connectivity index (χ1n) is 3.58. The van der Waals surface area contributed by atoms with Gasteiger partial charge in [0.25, 0.3) is 0 Å². The number of aliphatic imine (C=N–C) groups is 1. The highest BCUT2D eigenvalue weighted by Crippen LogP contribution is 2.16. The molecule has 1 aliphatic heterocycles. The minimum absolute atomic E-state index is 0.568. The molecular formula is C6H9N4PS. The molecule has 0 radical (unpaired) electrons. The van der Waals surface area contributed by atoms with E-state index in [9.17, 15) is 0 Å². The Hall–Kier alpha value is -0.670. The SMILES string of the molecule is Nc1nc(P)sc1C1=NCCN1. The van der Waals surface area contributed by atoms with Crippen molar-refractivity contribution in [2.75, 3.05) is 18.8 Å². The Morgan fingerprint density at radius 2 is 2.42 bits per heavy atom. The van der Waals surface area contributed by atoms with Gasteiger partial charge < -0.3 is 11.1 Å². The van der Waals surface area contributed by atoms with Crippen LogP contribution in [0.2, 0.25) is 0 Å². The summed E-state index contributed by atoms with van der Waals surface area (Å²) in [5.41, 5.74) is 5.69. The van der Waals surface area contributed by atoms with E-state index in [0.717, 1.165) is 28.6 Å². The van der Waals surface area contributed by atoms with Crippen LogP contribution in [0.4, 0.5) is 5.82 Å². The number of aromatic nitrogens is 1. The molecule has 0 saturated carbocycles. The summed E-state index contributed by atoms with van der Waals surface area (Å²) in [5.74, 6) is 1.46. The Bertz CT molecular complexity index is 332. The van der Waals surface area contributed by atoms with E-state index in [4.69, 9.17) is 5.73 Å². The van der Waals surface area contributed by atoms with Crippen molar-refractivity contribution in [1.29, 1.82) is 0 Å². The number of nitrogens with zero attached hydrogens (tertiary/aromatic N) is 2. The van der Waals surface area contributed by atoms with Gasteiger partial charge in [0.05, 0.1) is 6.54 Å². The Morgan fingerprint density at radius 3 is 2.92 bits per heavy atom. The first-order valence-corrected chi connectivity index (χ1v) is 4.97. The molecule has 64 valence electrons. The smallest absolute Gasteiger partial charge is 0.146 e. The van der Waals surface area contributed by atoms with Crippen LogP contribution in [0, 0.1) is 0 Å². The zero-order chi connectivity index (χ0) is 8.55. The van der Waals surface area contributed by atoms with Crippen LogP contribution in [0.5, 0.6) is 0 Å². The zero-order valence-corrected chi connectivity index (χ0v) is 8.34. The van der Waals surface area contributed by atoms with Crippen LogP contribution in [0.3, 0.4) is 0 Å². The first-order chi connectivity index (χ1) is 5.77. The lowest BCUT2D eigenvalue weighted by Gasteiger charge is -1.97. The lowest BCUT2D eigenvalue weighted by molar-refractivity contribution is 0.960. The maximum absolute atomic E-state index is 5.69. The van der Waals surface area contributed by atoms with E-state index in [-0.39, 0.29) is 0 Å². The molecule has 2 heterocycles. The van der Waals surface area contributed by atoms with Gasteiger partial charge >= 0.3 is 0 Å². The average molecular weight is 200 g/mol. The number of anilines is 1.